The molecule has 0 aromatic heterocycles. The minimum absolute atomic E-state index is 0.283. The van der Waals surface area contributed by atoms with Gasteiger partial charge in [0.1, 0.15) is 11.6 Å². The van der Waals surface area contributed by atoms with Crippen molar-refractivity contribution in [3.63, 3.8) is 0 Å². The molecule has 1 fully saturated rings. The molecule has 114 valence electrons. The summed E-state index contributed by atoms with van der Waals surface area (Å²) in [6, 6.07) is 11.6. The van der Waals surface area contributed by atoms with Crippen LogP contribution in [-0.2, 0) is 0 Å². The van der Waals surface area contributed by atoms with Crippen LogP contribution in [0.15, 0.2) is 48.5 Å². The van der Waals surface area contributed by atoms with E-state index in [0.29, 0.717) is 17.8 Å². The second-order valence-electron chi connectivity index (χ2n) is 5.31. The fourth-order valence-electron chi connectivity index (χ4n) is 2.84. The van der Waals surface area contributed by atoms with Crippen molar-refractivity contribution >= 4 is 11.7 Å². The molecule has 0 unspecified atom stereocenters. The molecule has 1 saturated heterocycles. The molecule has 2 amide bonds. The first-order valence-corrected chi connectivity index (χ1v) is 7.23. The highest BCUT2D eigenvalue weighted by atomic mass is 19.1. The van der Waals surface area contributed by atoms with Gasteiger partial charge in [-0.2, -0.15) is 0 Å². The first kappa shape index (κ1) is 14.5. The SMILES string of the molecule is O=C(Nc1cccc(F)c1)N1CCC[C@@H]1c1ccccc1F. The van der Waals surface area contributed by atoms with Crippen molar-refractivity contribution < 1.29 is 13.6 Å². The average Bonchev–Trinajstić information content (AvgIpc) is 2.97. The number of amides is 2. The number of benzene rings is 2. The molecule has 1 atom stereocenters. The molecule has 1 aliphatic rings. The molecule has 1 heterocycles. The monoisotopic (exact) mass is 302 g/mol. The van der Waals surface area contributed by atoms with Crippen LogP contribution in [-0.4, -0.2) is 17.5 Å². The van der Waals surface area contributed by atoms with E-state index < -0.39 is 5.82 Å². The first-order chi connectivity index (χ1) is 10.6. The molecule has 1 N–H and O–H groups in total. The van der Waals surface area contributed by atoms with Crippen LogP contribution < -0.4 is 5.32 Å². The normalized spacial score (nSPS) is 17.5. The van der Waals surface area contributed by atoms with E-state index in [2.05, 4.69) is 5.32 Å². The van der Waals surface area contributed by atoms with Crippen molar-refractivity contribution in [1.82, 2.24) is 4.90 Å². The van der Waals surface area contributed by atoms with Crippen molar-refractivity contribution in [3.05, 3.63) is 65.7 Å². The number of nitrogens with zero attached hydrogens (tertiary/aromatic N) is 1. The van der Waals surface area contributed by atoms with E-state index in [0.717, 1.165) is 12.8 Å². The second kappa shape index (κ2) is 6.13. The quantitative estimate of drug-likeness (QED) is 0.879. The van der Waals surface area contributed by atoms with Crippen LogP contribution >= 0.6 is 0 Å². The highest BCUT2D eigenvalue weighted by Gasteiger charge is 2.31. The highest BCUT2D eigenvalue weighted by Crippen LogP contribution is 2.33. The summed E-state index contributed by atoms with van der Waals surface area (Å²) in [5.41, 5.74) is 0.915. The Morgan fingerprint density at radius 1 is 1.14 bits per heavy atom. The minimum Gasteiger partial charge on any atom is -0.317 e. The van der Waals surface area contributed by atoms with Gasteiger partial charge >= 0.3 is 6.03 Å². The lowest BCUT2D eigenvalue weighted by atomic mass is 10.0. The lowest BCUT2D eigenvalue weighted by molar-refractivity contribution is 0.206. The molecule has 0 bridgehead atoms. The Kier molecular flexibility index (Phi) is 4.04. The minimum atomic E-state index is -0.412. The molecule has 2 aromatic carbocycles. The van der Waals surface area contributed by atoms with E-state index >= 15 is 0 Å². The van der Waals surface area contributed by atoms with Gasteiger partial charge in [-0.05, 0) is 37.1 Å². The van der Waals surface area contributed by atoms with E-state index in [4.69, 9.17) is 0 Å². The van der Waals surface area contributed by atoms with Crippen LogP contribution in [0.25, 0.3) is 0 Å². The molecular weight excluding hydrogens is 286 g/mol. The smallest absolute Gasteiger partial charge is 0.317 e. The third-order valence-corrected chi connectivity index (χ3v) is 3.85. The number of halogens is 2. The Hall–Kier alpha value is -2.43. The van der Waals surface area contributed by atoms with E-state index in [1.54, 1.807) is 29.2 Å². The van der Waals surface area contributed by atoms with Crippen LogP contribution in [0.2, 0.25) is 0 Å². The summed E-state index contributed by atoms with van der Waals surface area (Å²) in [5, 5.41) is 2.67. The van der Waals surface area contributed by atoms with E-state index in [1.807, 2.05) is 0 Å². The van der Waals surface area contributed by atoms with Gasteiger partial charge in [0.15, 0.2) is 0 Å². The predicted molar refractivity (Wildman–Crippen MR) is 80.5 cm³/mol. The second-order valence-corrected chi connectivity index (χ2v) is 5.31. The average molecular weight is 302 g/mol. The van der Waals surface area contributed by atoms with Gasteiger partial charge in [0, 0.05) is 17.8 Å². The fraction of sp³-hybridized carbons (Fsp3) is 0.235. The Labute approximate surface area is 127 Å². The summed E-state index contributed by atoms with van der Waals surface area (Å²) in [6.45, 7) is 0.556. The zero-order valence-electron chi connectivity index (χ0n) is 11.9. The lowest BCUT2D eigenvalue weighted by Gasteiger charge is -2.25. The number of carbonyl (C=O) groups is 1. The Morgan fingerprint density at radius 3 is 2.73 bits per heavy atom. The zero-order valence-corrected chi connectivity index (χ0v) is 11.9. The van der Waals surface area contributed by atoms with Crippen LogP contribution in [0.3, 0.4) is 0 Å². The van der Waals surface area contributed by atoms with Gasteiger partial charge in [0.25, 0.3) is 0 Å². The number of rotatable bonds is 2. The molecule has 0 aliphatic carbocycles. The van der Waals surface area contributed by atoms with Crippen LogP contribution in [0.5, 0.6) is 0 Å². The number of anilines is 1. The Balaban J connectivity index is 1.78. The highest BCUT2D eigenvalue weighted by molar-refractivity contribution is 5.89. The molecule has 0 saturated carbocycles. The summed E-state index contributed by atoms with van der Waals surface area (Å²) >= 11 is 0. The summed E-state index contributed by atoms with van der Waals surface area (Å²) in [7, 11) is 0. The van der Waals surface area contributed by atoms with Crippen molar-refractivity contribution in [2.24, 2.45) is 0 Å². The molecule has 0 spiro atoms. The maximum absolute atomic E-state index is 14.0. The number of nitrogens with one attached hydrogen (secondary N) is 1. The topological polar surface area (TPSA) is 32.3 Å². The maximum atomic E-state index is 14.0. The van der Waals surface area contributed by atoms with Crippen LogP contribution in [0.1, 0.15) is 24.4 Å². The molecule has 3 nitrogen and oxygen atoms in total. The molecular formula is C17H16F2N2O. The van der Waals surface area contributed by atoms with Crippen LogP contribution in [0, 0.1) is 11.6 Å². The molecule has 1 aliphatic heterocycles. The maximum Gasteiger partial charge on any atom is 0.322 e. The molecule has 3 rings (SSSR count). The van der Waals surface area contributed by atoms with Crippen molar-refractivity contribution in [1.29, 1.82) is 0 Å². The predicted octanol–water partition coefficient (Wildman–Crippen LogP) is 4.33. The van der Waals surface area contributed by atoms with Crippen molar-refractivity contribution in [3.8, 4) is 0 Å². The Bertz CT molecular complexity index is 690. The molecule has 0 radical (unpaired) electrons. The number of hydrogen-bond acceptors (Lipinski definition) is 1. The fourth-order valence-corrected chi connectivity index (χ4v) is 2.84. The van der Waals surface area contributed by atoms with Gasteiger partial charge in [0.05, 0.1) is 6.04 Å². The number of carbonyl (C=O) groups excluding carboxylic acids is 1. The first-order valence-electron chi connectivity index (χ1n) is 7.23. The van der Waals surface area contributed by atoms with Gasteiger partial charge < -0.3 is 10.2 Å². The summed E-state index contributed by atoms with van der Waals surface area (Å²) in [4.78, 5) is 14.0. The molecule has 5 heteroatoms. The van der Waals surface area contributed by atoms with Gasteiger partial charge in [-0.25, -0.2) is 13.6 Å². The van der Waals surface area contributed by atoms with Gasteiger partial charge in [-0.3, -0.25) is 0 Å². The molecule has 22 heavy (non-hydrogen) atoms. The van der Waals surface area contributed by atoms with Crippen molar-refractivity contribution in [2.75, 3.05) is 11.9 Å². The summed E-state index contributed by atoms with van der Waals surface area (Å²) in [6.07, 6.45) is 1.53. The number of likely N-dealkylation sites (tertiary alicyclic amines) is 1. The zero-order chi connectivity index (χ0) is 15.5. The molecule has 2 aromatic rings. The third-order valence-electron chi connectivity index (χ3n) is 3.85. The largest absolute Gasteiger partial charge is 0.322 e. The summed E-state index contributed by atoms with van der Waals surface area (Å²) in [5.74, 6) is -0.720. The third kappa shape index (κ3) is 2.93. The standard InChI is InChI=1S/C17H16F2N2O/c18-12-5-3-6-13(11-12)20-17(22)21-10-4-9-16(21)14-7-1-2-8-15(14)19/h1-3,5-8,11,16H,4,9-10H2,(H,20,22)/t16-/m1/s1. The lowest BCUT2D eigenvalue weighted by Crippen LogP contribution is -2.34. The Morgan fingerprint density at radius 2 is 1.95 bits per heavy atom. The van der Waals surface area contributed by atoms with Gasteiger partial charge in [0.2, 0.25) is 0 Å². The number of urea groups is 1. The van der Waals surface area contributed by atoms with Crippen LogP contribution in [0.4, 0.5) is 19.3 Å². The van der Waals surface area contributed by atoms with E-state index in [-0.39, 0.29) is 17.9 Å². The summed E-state index contributed by atoms with van der Waals surface area (Å²) < 4.78 is 27.1. The van der Waals surface area contributed by atoms with E-state index in [1.165, 1.54) is 24.3 Å². The van der Waals surface area contributed by atoms with Crippen molar-refractivity contribution in [2.45, 2.75) is 18.9 Å². The number of hydrogen-bond donors (Lipinski definition) is 1. The van der Waals surface area contributed by atoms with Gasteiger partial charge in [-0.15, -0.1) is 0 Å². The van der Waals surface area contributed by atoms with E-state index in [9.17, 15) is 13.6 Å². The van der Waals surface area contributed by atoms with Gasteiger partial charge in [-0.1, -0.05) is 24.3 Å².